The first-order chi connectivity index (χ1) is 13.1. The number of aromatic nitrogens is 1. The van der Waals surface area contributed by atoms with Gasteiger partial charge in [-0.05, 0) is 36.8 Å². The first-order valence-corrected chi connectivity index (χ1v) is 9.12. The fraction of sp³-hybridized carbons (Fsp3) is 0.350. The zero-order valence-electron chi connectivity index (χ0n) is 15.2. The second-order valence-electron chi connectivity index (χ2n) is 6.86. The van der Waals surface area contributed by atoms with Gasteiger partial charge in [0.05, 0.1) is 12.1 Å². The molecule has 1 saturated heterocycles. The molecule has 7 heteroatoms. The normalized spacial score (nSPS) is 19.1. The Kier molecular flexibility index (Phi) is 4.66. The Balaban J connectivity index is 1.35. The van der Waals surface area contributed by atoms with Crippen molar-refractivity contribution in [3.8, 4) is 5.75 Å². The molecule has 0 spiro atoms. The van der Waals surface area contributed by atoms with Crippen molar-refractivity contribution in [3.63, 3.8) is 0 Å². The van der Waals surface area contributed by atoms with Gasteiger partial charge in [0, 0.05) is 32.4 Å². The van der Waals surface area contributed by atoms with Crippen LogP contribution in [-0.2, 0) is 9.59 Å². The smallest absolute Gasteiger partial charge is 0.266 e. The Morgan fingerprint density at radius 2 is 2.04 bits per heavy atom. The van der Waals surface area contributed by atoms with Gasteiger partial charge in [0.25, 0.3) is 5.91 Å². The maximum Gasteiger partial charge on any atom is 0.266 e. The maximum atomic E-state index is 12.7. The van der Waals surface area contributed by atoms with Crippen LogP contribution in [0.1, 0.15) is 12.0 Å². The summed E-state index contributed by atoms with van der Waals surface area (Å²) in [6.07, 6.45) is 1.02. The predicted molar refractivity (Wildman–Crippen MR) is 102 cm³/mol. The summed E-state index contributed by atoms with van der Waals surface area (Å²) < 4.78 is 5.77. The van der Waals surface area contributed by atoms with Crippen LogP contribution >= 0.6 is 0 Å². The third kappa shape index (κ3) is 3.72. The van der Waals surface area contributed by atoms with Gasteiger partial charge in [-0.15, -0.1) is 0 Å². The van der Waals surface area contributed by atoms with Gasteiger partial charge in [-0.25, -0.2) is 4.98 Å². The average molecular weight is 366 g/mol. The van der Waals surface area contributed by atoms with Crippen LogP contribution in [0.5, 0.6) is 5.75 Å². The molecule has 2 aliphatic heterocycles. The van der Waals surface area contributed by atoms with Crippen LogP contribution in [0.4, 0.5) is 11.5 Å². The number of benzene rings is 1. The summed E-state index contributed by atoms with van der Waals surface area (Å²) in [6, 6.07) is 11.4. The largest absolute Gasteiger partial charge is 0.478 e. The van der Waals surface area contributed by atoms with Gasteiger partial charge in [0.2, 0.25) is 5.91 Å². The molecule has 1 unspecified atom stereocenters. The lowest BCUT2D eigenvalue weighted by atomic mass is 10.1. The first kappa shape index (κ1) is 17.3. The van der Waals surface area contributed by atoms with E-state index in [1.54, 1.807) is 11.1 Å². The van der Waals surface area contributed by atoms with Crippen molar-refractivity contribution in [1.29, 1.82) is 0 Å². The summed E-state index contributed by atoms with van der Waals surface area (Å²) in [4.78, 5) is 33.3. The predicted octanol–water partition coefficient (Wildman–Crippen LogP) is 1.83. The molecule has 140 valence electrons. The van der Waals surface area contributed by atoms with Gasteiger partial charge in [0.15, 0.2) is 6.10 Å². The number of hydrogen-bond acceptors (Lipinski definition) is 5. The van der Waals surface area contributed by atoms with Crippen molar-refractivity contribution < 1.29 is 14.3 Å². The maximum absolute atomic E-state index is 12.7. The number of anilines is 2. The molecule has 2 aromatic rings. The summed E-state index contributed by atoms with van der Waals surface area (Å²) >= 11 is 0. The Morgan fingerprint density at radius 3 is 2.78 bits per heavy atom. The van der Waals surface area contributed by atoms with E-state index in [-0.39, 0.29) is 18.2 Å². The van der Waals surface area contributed by atoms with E-state index in [0.717, 1.165) is 24.5 Å². The van der Waals surface area contributed by atoms with Gasteiger partial charge in [-0.1, -0.05) is 12.1 Å². The highest BCUT2D eigenvalue weighted by atomic mass is 16.5. The van der Waals surface area contributed by atoms with Crippen molar-refractivity contribution in [3.05, 3.63) is 48.2 Å². The second kappa shape index (κ2) is 7.26. The van der Waals surface area contributed by atoms with Gasteiger partial charge in [-0.3, -0.25) is 9.59 Å². The van der Waals surface area contributed by atoms with Crippen LogP contribution in [0, 0.1) is 6.92 Å². The van der Waals surface area contributed by atoms with E-state index in [4.69, 9.17) is 4.74 Å². The van der Waals surface area contributed by atoms with Crippen molar-refractivity contribution in [2.75, 3.05) is 36.4 Å². The lowest BCUT2D eigenvalue weighted by Gasteiger charge is -2.36. The Bertz CT molecular complexity index is 848. The van der Waals surface area contributed by atoms with Gasteiger partial charge in [-0.2, -0.15) is 0 Å². The number of ether oxygens (including phenoxy) is 1. The first-order valence-electron chi connectivity index (χ1n) is 9.12. The summed E-state index contributed by atoms with van der Waals surface area (Å²) in [5.74, 6) is 1.20. The molecule has 0 bridgehead atoms. The monoisotopic (exact) mass is 366 g/mol. The molecule has 0 saturated carbocycles. The molecule has 1 N–H and O–H groups in total. The van der Waals surface area contributed by atoms with Crippen LogP contribution in [0.3, 0.4) is 0 Å². The van der Waals surface area contributed by atoms with E-state index in [9.17, 15) is 9.59 Å². The van der Waals surface area contributed by atoms with Crippen LogP contribution < -0.4 is 15.0 Å². The molecular weight excluding hydrogens is 344 g/mol. The Labute approximate surface area is 157 Å². The molecule has 0 aliphatic carbocycles. The quantitative estimate of drug-likeness (QED) is 0.897. The van der Waals surface area contributed by atoms with Gasteiger partial charge < -0.3 is 19.9 Å². The van der Waals surface area contributed by atoms with E-state index in [1.165, 1.54) is 0 Å². The zero-order chi connectivity index (χ0) is 18.8. The minimum absolute atomic E-state index is 0.0444. The topological polar surface area (TPSA) is 74.8 Å². The zero-order valence-corrected chi connectivity index (χ0v) is 15.2. The number of amides is 2. The number of nitrogens with zero attached hydrogens (tertiary/aromatic N) is 3. The van der Waals surface area contributed by atoms with Crippen LogP contribution in [0.2, 0.25) is 0 Å². The minimum atomic E-state index is -0.790. The number of fused-ring (bicyclic) bond motifs is 1. The number of carbonyl (C=O) groups is 2. The standard InChI is InChI=1S/C20H22N4O3/c1-14-5-6-16-15(12-14)22-20(26)17(27-16)13-19(25)24-10-8-23(9-11-24)18-4-2-3-7-21-18/h2-7,12,17H,8-11,13H2,1H3,(H,22,26). The summed E-state index contributed by atoms with van der Waals surface area (Å²) in [6.45, 7) is 4.62. The molecule has 1 fully saturated rings. The second-order valence-corrected chi connectivity index (χ2v) is 6.86. The third-order valence-corrected chi connectivity index (χ3v) is 4.92. The number of hydrogen-bond donors (Lipinski definition) is 1. The highest BCUT2D eigenvalue weighted by Gasteiger charge is 2.32. The molecule has 4 rings (SSSR count). The summed E-state index contributed by atoms with van der Waals surface area (Å²) in [5, 5.41) is 2.84. The fourth-order valence-corrected chi connectivity index (χ4v) is 3.41. The lowest BCUT2D eigenvalue weighted by Crippen LogP contribution is -2.50. The molecule has 1 aromatic heterocycles. The number of aryl methyl sites for hydroxylation is 1. The molecule has 7 nitrogen and oxygen atoms in total. The Morgan fingerprint density at radius 1 is 1.22 bits per heavy atom. The van der Waals surface area contributed by atoms with Crippen molar-refractivity contribution in [2.24, 2.45) is 0 Å². The van der Waals surface area contributed by atoms with Crippen molar-refractivity contribution in [2.45, 2.75) is 19.4 Å². The molecule has 27 heavy (non-hydrogen) atoms. The van der Waals surface area contributed by atoms with E-state index in [1.807, 2.05) is 43.3 Å². The SMILES string of the molecule is Cc1ccc2c(c1)NC(=O)C(CC(=O)N1CCN(c3ccccn3)CC1)O2. The number of nitrogens with one attached hydrogen (secondary N) is 1. The number of pyridine rings is 1. The van der Waals surface area contributed by atoms with E-state index in [2.05, 4.69) is 15.2 Å². The molecule has 2 amide bonds. The molecule has 0 radical (unpaired) electrons. The highest BCUT2D eigenvalue weighted by molar-refractivity contribution is 6.00. The van der Waals surface area contributed by atoms with Crippen LogP contribution in [-0.4, -0.2) is 54.0 Å². The molecule has 1 atom stereocenters. The lowest BCUT2D eigenvalue weighted by molar-refractivity contribution is -0.137. The van der Waals surface area contributed by atoms with Crippen molar-refractivity contribution in [1.82, 2.24) is 9.88 Å². The molecule has 1 aromatic carbocycles. The molecule has 3 heterocycles. The van der Waals surface area contributed by atoms with Crippen molar-refractivity contribution >= 4 is 23.3 Å². The summed E-state index contributed by atoms with van der Waals surface area (Å²) in [7, 11) is 0. The number of rotatable bonds is 3. The minimum Gasteiger partial charge on any atom is -0.478 e. The molecular formula is C20H22N4O3. The molecule has 2 aliphatic rings. The van der Waals surface area contributed by atoms with Gasteiger partial charge in [0.1, 0.15) is 11.6 Å². The van der Waals surface area contributed by atoms with Crippen LogP contribution in [0.25, 0.3) is 0 Å². The number of piperazine rings is 1. The third-order valence-electron chi connectivity index (χ3n) is 4.92. The summed E-state index contributed by atoms with van der Waals surface area (Å²) in [5.41, 5.74) is 1.70. The van der Waals surface area contributed by atoms with E-state index in [0.29, 0.717) is 24.5 Å². The average Bonchev–Trinajstić information content (AvgIpc) is 2.69. The van der Waals surface area contributed by atoms with E-state index < -0.39 is 6.10 Å². The van der Waals surface area contributed by atoms with E-state index >= 15 is 0 Å². The highest BCUT2D eigenvalue weighted by Crippen LogP contribution is 2.31. The Hall–Kier alpha value is -3.09. The van der Waals surface area contributed by atoms with Crippen LogP contribution in [0.15, 0.2) is 42.6 Å². The number of carbonyl (C=O) groups excluding carboxylic acids is 2. The fourth-order valence-electron chi connectivity index (χ4n) is 3.41. The van der Waals surface area contributed by atoms with Gasteiger partial charge >= 0.3 is 0 Å².